The highest BCUT2D eigenvalue weighted by atomic mass is 32.2. The van der Waals surface area contributed by atoms with Crippen LogP contribution in [0.2, 0.25) is 0 Å². The first-order valence-corrected chi connectivity index (χ1v) is 7.15. The lowest BCUT2D eigenvalue weighted by molar-refractivity contribution is -0.120. The van der Waals surface area contributed by atoms with Gasteiger partial charge >= 0.3 is 0 Å². The molecule has 0 saturated carbocycles. The van der Waals surface area contributed by atoms with Gasteiger partial charge < -0.3 is 5.32 Å². The van der Waals surface area contributed by atoms with Crippen LogP contribution in [-0.4, -0.2) is 37.6 Å². The predicted octanol–water partition coefficient (Wildman–Crippen LogP) is -0.713. The van der Waals surface area contributed by atoms with Crippen LogP contribution in [0.5, 0.6) is 0 Å². The van der Waals surface area contributed by atoms with Crippen molar-refractivity contribution in [3.05, 3.63) is 0 Å². The van der Waals surface area contributed by atoms with Gasteiger partial charge in [-0.3, -0.25) is 4.79 Å². The number of nitrogens with one attached hydrogen (secondary N) is 1. The fourth-order valence-electron chi connectivity index (χ4n) is 1.21. The van der Waals surface area contributed by atoms with Crippen molar-refractivity contribution in [3.8, 4) is 0 Å². The molecular weight excluding hydrogens is 224 g/mol. The molecule has 82 valence electrons. The Balaban J connectivity index is 2.21. The fraction of sp³-hybridized carbons (Fsp3) is 0.857. The SMILES string of the molecule is NS(=O)(=O)CCNC(=O)C1CCCS1. The smallest absolute Gasteiger partial charge is 0.233 e. The summed E-state index contributed by atoms with van der Waals surface area (Å²) in [6.07, 6.45) is 1.93. The van der Waals surface area contributed by atoms with Gasteiger partial charge in [0.2, 0.25) is 15.9 Å². The minimum atomic E-state index is -3.46. The molecule has 5 nitrogen and oxygen atoms in total. The van der Waals surface area contributed by atoms with Crippen LogP contribution in [0.4, 0.5) is 0 Å². The Labute approximate surface area is 87.9 Å². The zero-order chi connectivity index (χ0) is 10.6. The van der Waals surface area contributed by atoms with E-state index in [0.717, 1.165) is 18.6 Å². The molecule has 0 aromatic carbocycles. The summed E-state index contributed by atoms with van der Waals surface area (Å²) in [6, 6.07) is 0. The van der Waals surface area contributed by atoms with E-state index in [2.05, 4.69) is 5.32 Å². The number of rotatable bonds is 4. The second-order valence-electron chi connectivity index (χ2n) is 3.16. The van der Waals surface area contributed by atoms with Crippen molar-refractivity contribution in [2.75, 3.05) is 18.1 Å². The van der Waals surface area contributed by atoms with Crippen LogP contribution in [0.25, 0.3) is 0 Å². The second-order valence-corrected chi connectivity index (χ2v) is 6.20. The van der Waals surface area contributed by atoms with Gasteiger partial charge in [-0.1, -0.05) is 0 Å². The lowest BCUT2D eigenvalue weighted by Crippen LogP contribution is -2.36. The summed E-state index contributed by atoms with van der Waals surface area (Å²) in [4.78, 5) is 11.4. The molecule has 0 radical (unpaired) electrons. The van der Waals surface area contributed by atoms with Crippen molar-refractivity contribution >= 4 is 27.7 Å². The van der Waals surface area contributed by atoms with Crippen LogP contribution in [0.1, 0.15) is 12.8 Å². The summed E-state index contributed by atoms with van der Waals surface area (Å²) in [5.41, 5.74) is 0. The van der Waals surface area contributed by atoms with E-state index in [1.54, 1.807) is 11.8 Å². The lowest BCUT2D eigenvalue weighted by atomic mass is 10.2. The number of carbonyl (C=O) groups is 1. The van der Waals surface area contributed by atoms with Gasteiger partial charge in [0.25, 0.3) is 0 Å². The summed E-state index contributed by atoms with van der Waals surface area (Å²) in [7, 11) is -3.46. The van der Waals surface area contributed by atoms with Gasteiger partial charge in [0.05, 0.1) is 11.0 Å². The van der Waals surface area contributed by atoms with Crippen molar-refractivity contribution in [1.29, 1.82) is 0 Å². The molecule has 0 bridgehead atoms. The van der Waals surface area contributed by atoms with Crippen LogP contribution < -0.4 is 10.5 Å². The Bertz CT molecular complexity index is 296. The average molecular weight is 238 g/mol. The topological polar surface area (TPSA) is 89.3 Å². The number of thioether (sulfide) groups is 1. The van der Waals surface area contributed by atoms with Crippen LogP contribution in [-0.2, 0) is 14.8 Å². The highest BCUT2D eigenvalue weighted by molar-refractivity contribution is 8.00. The zero-order valence-electron chi connectivity index (χ0n) is 7.73. The van der Waals surface area contributed by atoms with Crippen molar-refractivity contribution in [2.24, 2.45) is 5.14 Å². The van der Waals surface area contributed by atoms with E-state index in [1.807, 2.05) is 0 Å². The molecule has 0 aliphatic carbocycles. The third-order valence-corrected chi connectivity index (χ3v) is 4.06. The molecule has 1 atom stereocenters. The molecule has 7 heteroatoms. The third-order valence-electron chi connectivity index (χ3n) is 1.91. The molecule has 1 heterocycles. The fourth-order valence-corrected chi connectivity index (χ4v) is 2.79. The molecule has 1 aliphatic heterocycles. The molecule has 0 aromatic rings. The Kier molecular flexibility index (Phi) is 4.21. The Morgan fingerprint density at radius 2 is 2.29 bits per heavy atom. The van der Waals surface area contributed by atoms with Gasteiger partial charge in [-0.05, 0) is 18.6 Å². The molecule has 0 spiro atoms. The molecule has 1 fully saturated rings. The van der Waals surface area contributed by atoms with Crippen molar-refractivity contribution in [2.45, 2.75) is 18.1 Å². The number of amides is 1. The summed E-state index contributed by atoms with van der Waals surface area (Å²) in [5.74, 6) is 0.736. The first-order valence-electron chi connectivity index (χ1n) is 4.39. The second kappa shape index (κ2) is 4.99. The highest BCUT2D eigenvalue weighted by Gasteiger charge is 2.22. The van der Waals surface area contributed by atoms with Gasteiger partial charge in [-0.25, -0.2) is 13.6 Å². The monoisotopic (exact) mass is 238 g/mol. The van der Waals surface area contributed by atoms with Crippen LogP contribution >= 0.6 is 11.8 Å². The maximum absolute atomic E-state index is 11.4. The molecule has 3 N–H and O–H groups in total. The number of nitrogens with two attached hydrogens (primary N) is 1. The lowest BCUT2D eigenvalue weighted by Gasteiger charge is -2.08. The molecule has 14 heavy (non-hydrogen) atoms. The maximum atomic E-state index is 11.4. The molecule has 1 saturated heterocycles. The van der Waals surface area contributed by atoms with Crippen LogP contribution in [0.15, 0.2) is 0 Å². The Hall–Kier alpha value is -0.270. The van der Waals surface area contributed by atoms with Crippen molar-refractivity contribution in [1.82, 2.24) is 5.32 Å². The number of primary sulfonamides is 1. The predicted molar refractivity (Wildman–Crippen MR) is 56.5 cm³/mol. The van der Waals surface area contributed by atoms with Crippen LogP contribution in [0.3, 0.4) is 0 Å². The third kappa shape index (κ3) is 4.30. The summed E-state index contributed by atoms with van der Waals surface area (Å²) in [6.45, 7) is 0.106. The first kappa shape index (κ1) is 11.8. The summed E-state index contributed by atoms with van der Waals surface area (Å²) in [5, 5.41) is 7.35. The van der Waals surface area contributed by atoms with E-state index < -0.39 is 10.0 Å². The van der Waals surface area contributed by atoms with Gasteiger partial charge in [0.1, 0.15) is 0 Å². The quantitative estimate of drug-likeness (QED) is 0.677. The van der Waals surface area contributed by atoms with Gasteiger partial charge in [-0.15, -0.1) is 11.8 Å². The molecule has 0 aromatic heterocycles. The van der Waals surface area contributed by atoms with E-state index in [-0.39, 0.29) is 23.5 Å². The zero-order valence-corrected chi connectivity index (χ0v) is 9.36. The van der Waals surface area contributed by atoms with E-state index >= 15 is 0 Å². The molecule has 1 unspecified atom stereocenters. The standard InChI is InChI=1S/C7H14N2O3S2/c8-14(11,12)5-3-9-7(10)6-2-1-4-13-6/h6H,1-5H2,(H,9,10)(H2,8,11,12). The number of sulfonamides is 1. The van der Waals surface area contributed by atoms with E-state index in [9.17, 15) is 13.2 Å². The molecule has 1 amide bonds. The summed E-state index contributed by atoms with van der Waals surface area (Å²) < 4.78 is 21.1. The van der Waals surface area contributed by atoms with Crippen LogP contribution in [0, 0.1) is 0 Å². The summed E-state index contributed by atoms with van der Waals surface area (Å²) >= 11 is 1.62. The van der Waals surface area contributed by atoms with E-state index in [4.69, 9.17) is 5.14 Å². The number of hydrogen-bond acceptors (Lipinski definition) is 4. The molecular formula is C7H14N2O3S2. The van der Waals surface area contributed by atoms with Gasteiger partial charge in [0.15, 0.2) is 0 Å². The number of hydrogen-bond donors (Lipinski definition) is 2. The van der Waals surface area contributed by atoms with Crippen molar-refractivity contribution in [3.63, 3.8) is 0 Å². The van der Waals surface area contributed by atoms with Gasteiger partial charge in [-0.2, -0.15) is 0 Å². The Morgan fingerprint density at radius 3 is 2.79 bits per heavy atom. The maximum Gasteiger partial charge on any atom is 0.233 e. The average Bonchev–Trinajstić information content (AvgIpc) is 2.53. The largest absolute Gasteiger partial charge is 0.354 e. The number of carbonyl (C=O) groups excluding carboxylic acids is 1. The van der Waals surface area contributed by atoms with Gasteiger partial charge in [0, 0.05) is 6.54 Å². The molecule has 1 aliphatic rings. The van der Waals surface area contributed by atoms with E-state index in [1.165, 1.54) is 0 Å². The molecule has 1 rings (SSSR count). The first-order chi connectivity index (χ1) is 6.49. The minimum absolute atomic E-state index is 0.00419. The Morgan fingerprint density at radius 1 is 1.57 bits per heavy atom. The van der Waals surface area contributed by atoms with Crippen molar-refractivity contribution < 1.29 is 13.2 Å². The normalized spacial score (nSPS) is 22.2. The highest BCUT2D eigenvalue weighted by Crippen LogP contribution is 2.25. The van der Waals surface area contributed by atoms with E-state index in [0.29, 0.717) is 0 Å². The minimum Gasteiger partial charge on any atom is -0.354 e.